The van der Waals surface area contributed by atoms with Crippen molar-refractivity contribution in [2.45, 2.75) is 38.5 Å². The summed E-state index contributed by atoms with van der Waals surface area (Å²) in [6.07, 6.45) is 0.753. The molecule has 1 N–H and O–H groups in total. The Hall–Kier alpha value is -0.860. The van der Waals surface area contributed by atoms with Crippen LogP contribution in [0.25, 0.3) is 0 Å². The number of rotatable bonds is 2. The molecular formula is C13H19NO. The summed E-state index contributed by atoms with van der Waals surface area (Å²) in [5, 5.41) is 9.62. The minimum Gasteiger partial charge on any atom is -0.392 e. The van der Waals surface area contributed by atoms with E-state index in [1.807, 2.05) is 6.07 Å². The van der Waals surface area contributed by atoms with Gasteiger partial charge in [-0.3, -0.25) is 4.90 Å². The minimum atomic E-state index is -0.147. The highest BCUT2D eigenvalue weighted by Crippen LogP contribution is 2.28. The molecule has 2 nitrogen and oxygen atoms in total. The second-order valence-corrected chi connectivity index (χ2v) is 4.52. The Morgan fingerprint density at radius 3 is 2.53 bits per heavy atom. The van der Waals surface area contributed by atoms with E-state index in [0.717, 1.165) is 13.0 Å². The molecule has 3 atom stereocenters. The lowest BCUT2D eigenvalue weighted by Crippen LogP contribution is -2.30. The molecule has 0 bridgehead atoms. The van der Waals surface area contributed by atoms with E-state index in [1.165, 1.54) is 5.56 Å². The standard InChI is InChI=1S/C13H19NO/c1-10-8-13(15)9-14(10)11(2)12-6-4-3-5-7-12/h3-7,10-11,13,15H,8-9H2,1-2H3/t10-,11?,13?/m0/s1. The fourth-order valence-electron chi connectivity index (χ4n) is 2.49. The fraction of sp³-hybridized carbons (Fsp3) is 0.538. The maximum absolute atomic E-state index is 9.62. The number of hydrogen-bond donors (Lipinski definition) is 1. The average Bonchev–Trinajstić information content (AvgIpc) is 2.58. The lowest BCUT2D eigenvalue weighted by Gasteiger charge is -2.28. The lowest BCUT2D eigenvalue weighted by atomic mass is 10.1. The summed E-state index contributed by atoms with van der Waals surface area (Å²) >= 11 is 0. The van der Waals surface area contributed by atoms with Crippen LogP contribution in [0.4, 0.5) is 0 Å². The molecule has 2 unspecified atom stereocenters. The third-order valence-electron chi connectivity index (χ3n) is 3.38. The monoisotopic (exact) mass is 205 g/mol. The van der Waals surface area contributed by atoms with Crippen LogP contribution in [0.15, 0.2) is 30.3 Å². The lowest BCUT2D eigenvalue weighted by molar-refractivity contribution is 0.156. The number of β-amino-alcohol motifs (C(OH)–C–C–N with tert-alkyl or cyclic N) is 1. The summed E-state index contributed by atoms with van der Waals surface area (Å²) in [7, 11) is 0. The topological polar surface area (TPSA) is 23.5 Å². The molecule has 1 aliphatic rings. The molecule has 1 saturated heterocycles. The van der Waals surface area contributed by atoms with Crippen LogP contribution in [-0.2, 0) is 0 Å². The smallest absolute Gasteiger partial charge is 0.0682 e. The number of benzene rings is 1. The van der Waals surface area contributed by atoms with Crippen LogP contribution in [0.2, 0.25) is 0 Å². The van der Waals surface area contributed by atoms with Gasteiger partial charge in [-0.2, -0.15) is 0 Å². The first-order valence-corrected chi connectivity index (χ1v) is 5.67. The van der Waals surface area contributed by atoms with Gasteiger partial charge in [0.05, 0.1) is 6.10 Å². The second-order valence-electron chi connectivity index (χ2n) is 4.52. The Bertz CT molecular complexity index is 312. The first-order chi connectivity index (χ1) is 7.18. The summed E-state index contributed by atoms with van der Waals surface area (Å²) in [6, 6.07) is 11.4. The van der Waals surface area contributed by atoms with Gasteiger partial charge in [0.15, 0.2) is 0 Å². The highest BCUT2D eigenvalue weighted by Gasteiger charge is 2.31. The van der Waals surface area contributed by atoms with Crippen LogP contribution < -0.4 is 0 Å². The largest absolute Gasteiger partial charge is 0.392 e. The van der Waals surface area contributed by atoms with Crippen LogP contribution in [0.1, 0.15) is 31.9 Å². The minimum absolute atomic E-state index is 0.147. The van der Waals surface area contributed by atoms with Crippen molar-refractivity contribution in [3.63, 3.8) is 0 Å². The normalized spacial score (nSPS) is 29.3. The molecule has 0 radical (unpaired) electrons. The Morgan fingerprint density at radius 2 is 2.00 bits per heavy atom. The van der Waals surface area contributed by atoms with E-state index in [-0.39, 0.29) is 6.10 Å². The molecule has 0 amide bonds. The van der Waals surface area contributed by atoms with Crippen LogP contribution in [-0.4, -0.2) is 28.7 Å². The van der Waals surface area contributed by atoms with Gasteiger partial charge >= 0.3 is 0 Å². The molecule has 1 fully saturated rings. The quantitative estimate of drug-likeness (QED) is 0.800. The Morgan fingerprint density at radius 1 is 1.33 bits per heavy atom. The Kier molecular flexibility index (Phi) is 3.08. The number of hydrogen-bond acceptors (Lipinski definition) is 2. The van der Waals surface area contributed by atoms with Crippen molar-refractivity contribution in [3.8, 4) is 0 Å². The van der Waals surface area contributed by atoms with Crippen molar-refractivity contribution in [1.82, 2.24) is 4.90 Å². The molecule has 2 heteroatoms. The average molecular weight is 205 g/mol. The van der Waals surface area contributed by atoms with Gasteiger partial charge < -0.3 is 5.11 Å². The number of aliphatic hydroxyl groups is 1. The van der Waals surface area contributed by atoms with Gasteiger partial charge in [-0.05, 0) is 25.8 Å². The van der Waals surface area contributed by atoms with E-state index in [2.05, 4.69) is 43.0 Å². The molecule has 15 heavy (non-hydrogen) atoms. The maximum Gasteiger partial charge on any atom is 0.0682 e. The summed E-state index contributed by atoms with van der Waals surface area (Å²) in [6.45, 7) is 5.21. The van der Waals surface area contributed by atoms with E-state index in [4.69, 9.17) is 0 Å². The molecule has 1 aromatic rings. The zero-order valence-corrected chi connectivity index (χ0v) is 9.43. The van der Waals surface area contributed by atoms with Gasteiger partial charge in [-0.1, -0.05) is 30.3 Å². The van der Waals surface area contributed by atoms with E-state index in [1.54, 1.807) is 0 Å². The summed E-state index contributed by atoms with van der Waals surface area (Å²) in [5.74, 6) is 0. The SMILES string of the molecule is CC(c1ccccc1)N1CC(O)C[C@@H]1C. The summed E-state index contributed by atoms with van der Waals surface area (Å²) in [4.78, 5) is 2.38. The molecule has 0 aromatic heterocycles. The number of nitrogens with zero attached hydrogens (tertiary/aromatic N) is 1. The molecule has 0 aliphatic carbocycles. The van der Waals surface area contributed by atoms with Crippen LogP contribution >= 0.6 is 0 Å². The highest BCUT2D eigenvalue weighted by atomic mass is 16.3. The Labute approximate surface area is 91.5 Å². The van der Waals surface area contributed by atoms with Crippen molar-refractivity contribution in [2.75, 3.05) is 6.54 Å². The van der Waals surface area contributed by atoms with Gasteiger partial charge in [0.1, 0.15) is 0 Å². The first-order valence-electron chi connectivity index (χ1n) is 5.67. The third kappa shape index (κ3) is 2.21. The first kappa shape index (κ1) is 10.7. The van der Waals surface area contributed by atoms with E-state index in [9.17, 15) is 5.11 Å². The van der Waals surface area contributed by atoms with Gasteiger partial charge in [-0.25, -0.2) is 0 Å². The zero-order valence-electron chi connectivity index (χ0n) is 9.43. The van der Waals surface area contributed by atoms with Crippen molar-refractivity contribution < 1.29 is 5.11 Å². The molecule has 2 rings (SSSR count). The second kappa shape index (κ2) is 4.33. The fourth-order valence-corrected chi connectivity index (χ4v) is 2.49. The van der Waals surface area contributed by atoms with Crippen molar-refractivity contribution in [2.24, 2.45) is 0 Å². The third-order valence-corrected chi connectivity index (χ3v) is 3.38. The van der Waals surface area contributed by atoms with Crippen LogP contribution in [0.5, 0.6) is 0 Å². The molecular weight excluding hydrogens is 186 g/mol. The van der Waals surface area contributed by atoms with Gasteiger partial charge in [0.25, 0.3) is 0 Å². The predicted molar refractivity (Wildman–Crippen MR) is 61.6 cm³/mol. The molecule has 82 valence electrons. The molecule has 0 spiro atoms. The highest BCUT2D eigenvalue weighted by molar-refractivity contribution is 5.18. The van der Waals surface area contributed by atoms with Gasteiger partial charge in [0.2, 0.25) is 0 Å². The van der Waals surface area contributed by atoms with Crippen LogP contribution in [0.3, 0.4) is 0 Å². The van der Waals surface area contributed by atoms with Gasteiger partial charge in [-0.15, -0.1) is 0 Å². The summed E-state index contributed by atoms with van der Waals surface area (Å²) < 4.78 is 0. The van der Waals surface area contributed by atoms with E-state index < -0.39 is 0 Å². The zero-order chi connectivity index (χ0) is 10.8. The van der Waals surface area contributed by atoms with Crippen molar-refractivity contribution in [3.05, 3.63) is 35.9 Å². The molecule has 1 aliphatic heterocycles. The Balaban J connectivity index is 2.11. The summed E-state index contributed by atoms with van der Waals surface area (Å²) in [5.41, 5.74) is 1.33. The van der Waals surface area contributed by atoms with Crippen LogP contribution in [0, 0.1) is 0 Å². The maximum atomic E-state index is 9.62. The van der Waals surface area contributed by atoms with E-state index in [0.29, 0.717) is 12.1 Å². The number of likely N-dealkylation sites (tertiary alicyclic amines) is 1. The van der Waals surface area contributed by atoms with E-state index >= 15 is 0 Å². The molecule has 1 aromatic carbocycles. The van der Waals surface area contributed by atoms with Crippen molar-refractivity contribution in [1.29, 1.82) is 0 Å². The van der Waals surface area contributed by atoms with Crippen molar-refractivity contribution >= 4 is 0 Å². The number of aliphatic hydroxyl groups excluding tert-OH is 1. The predicted octanol–water partition coefficient (Wildman–Crippen LogP) is 2.20. The van der Waals surface area contributed by atoms with Gasteiger partial charge in [0, 0.05) is 18.6 Å². The molecule has 1 heterocycles. The molecule has 0 saturated carbocycles.